The SMILES string of the molecule is CC(C)Oc1ccccc1-n1nc(C2CCN(S(C)(=O)=O)CC2)cc1-c1ccc(Cl)cc1. The summed E-state index contributed by atoms with van der Waals surface area (Å²) >= 11 is 6.12. The van der Waals surface area contributed by atoms with Crippen molar-refractivity contribution in [2.45, 2.75) is 38.7 Å². The summed E-state index contributed by atoms with van der Waals surface area (Å²) in [5.74, 6) is 0.956. The number of sulfonamides is 1. The molecule has 0 saturated carbocycles. The minimum absolute atomic E-state index is 0.0329. The maximum Gasteiger partial charge on any atom is 0.211 e. The van der Waals surface area contributed by atoms with Gasteiger partial charge < -0.3 is 4.74 Å². The second-order valence-electron chi connectivity index (χ2n) is 8.44. The molecule has 1 aliphatic rings. The van der Waals surface area contributed by atoms with Gasteiger partial charge in [0.15, 0.2) is 0 Å². The van der Waals surface area contributed by atoms with E-state index in [0.717, 1.165) is 41.2 Å². The van der Waals surface area contributed by atoms with E-state index in [0.29, 0.717) is 18.1 Å². The molecule has 4 rings (SSSR count). The van der Waals surface area contributed by atoms with Crippen LogP contribution in [0.4, 0.5) is 0 Å². The molecule has 1 aromatic heterocycles. The number of nitrogens with zero attached hydrogens (tertiary/aromatic N) is 3. The van der Waals surface area contributed by atoms with Crippen LogP contribution in [0.3, 0.4) is 0 Å². The van der Waals surface area contributed by atoms with E-state index in [1.165, 1.54) is 6.26 Å². The minimum Gasteiger partial charge on any atom is -0.489 e. The number of para-hydroxylation sites is 2. The smallest absolute Gasteiger partial charge is 0.211 e. The molecule has 3 aromatic rings. The molecule has 1 aliphatic heterocycles. The highest BCUT2D eigenvalue weighted by atomic mass is 35.5. The lowest BCUT2D eigenvalue weighted by Gasteiger charge is -2.29. The molecule has 1 fully saturated rings. The molecule has 6 nitrogen and oxygen atoms in total. The number of hydrogen-bond donors (Lipinski definition) is 0. The normalized spacial score (nSPS) is 15.9. The standard InChI is InChI=1S/C24H28ClN3O3S/c1-17(2)31-24-7-5-4-6-22(24)28-23(19-8-10-20(25)11-9-19)16-21(26-28)18-12-14-27(15-13-18)32(3,29)30/h4-11,16-18H,12-15H2,1-3H3. The summed E-state index contributed by atoms with van der Waals surface area (Å²) in [6.07, 6.45) is 2.79. The van der Waals surface area contributed by atoms with Gasteiger partial charge in [0.2, 0.25) is 10.0 Å². The van der Waals surface area contributed by atoms with Crippen LogP contribution in [0.15, 0.2) is 54.6 Å². The Morgan fingerprint density at radius 2 is 1.72 bits per heavy atom. The predicted octanol–water partition coefficient (Wildman–Crippen LogP) is 5.12. The summed E-state index contributed by atoms with van der Waals surface area (Å²) in [6, 6.07) is 17.7. The first-order valence-electron chi connectivity index (χ1n) is 10.8. The van der Waals surface area contributed by atoms with Crippen molar-refractivity contribution in [3.05, 3.63) is 65.3 Å². The van der Waals surface area contributed by atoms with Gasteiger partial charge in [0.05, 0.1) is 23.7 Å². The molecule has 0 radical (unpaired) electrons. The molecule has 1 saturated heterocycles. The lowest BCUT2D eigenvalue weighted by atomic mass is 9.94. The molecule has 0 atom stereocenters. The summed E-state index contributed by atoms with van der Waals surface area (Å²) in [7, 11) is -3.16. The van der Waals surface area contributed by atoms with Crippen LogP contribution in [-0.2, 0) is 10.0 Å². The number of rotatable bonds is 6. The van der Waals surface area contributed by atoms with Crippen LogP contribution in [0.5, 0.6) is 5.75 Å². The molecule has 2 heterocycles. The Morgan fingerprint density at radius 3 is 2.34 bits per heavy atom. The number of halogens is 1. The Bertz CT molecular complexity index is 1180. The summed E-state index contributed by atoms with van der Waals surface area (Å²) in [6.45, 7) is 5.03. The van der Waals surface area contributed by atoms with E-state index in [4.69, 9.17) is 21.4 Å². The van der Waals surface area contributed by atoms with Crippen molar-refractivity contribution in [3.8, 4) is 22.7 Å². The van der Waals surface area contributed by atoms with Crippen LogP contribution < -0.4 is 4.74 Å². The number of ether oxygens (including phenoxy) is 1. The molecule has 0 amide bonds. The maximum atomic E-state index is 11.9. The third-order valence-electron chi connectivity index (χ3n) is 5.67. The van der Waals surface area contributed by atoms with Crippen molar-refractivity contribution < 1.29 is 13.2 Å². The van der Waals surface area contributed by atoms with Crippen molar-refractivity contribution in [1.29, 1.82) is 0 Å². The molecule has 0 bridgehead atoms. The fraction of sp³-hybridized carbons (Fsp3) is 0.375. The van der Waals surface area contributed by atoms with E-state index in [-0.39, 0.29) is 12.0 Å². The third-order valence-corrected chi connectivity index (χ3v) is 7.22. The van der Waals surface area contributed by atoms with Gasteiger partial charge >= 0.3 is 0 Å². The zero-order valence-electron chi connectivity index (χ0n) is 18.5. The van der Waals surface area contributed by atoms with Gasteiger partial charge in [0.1, 0.15) is 11.4 Å². The Kier molecular flexibility index (Phi) is 6.60. The van der Waals surface area contributed by atoms with Crippen LogP contribution in [-0.4, -0.2) is 48.0 Å². The average molecular weight is 474 g/mol. The van der Waals surface area contributed by atoms with Crippen molar-refractivity contribution in [1.82, 2.24) is 14.1 Å². The number of hydrogen-bond acceptors (Lipinski definition) is 4. The number of piperidine rings is 1. The highest BCUT2D eigenvalue weighted by Gasteiger charge is 2.28. The summed E-state index contributed by atoms with van der Waals surface area (Å²) in [5, 5.41) is 5.67. The fourth-order valence-electron chi connectivity index (χ4n) is 4.08. The molecule has 0 aliphatic carbocycles. The first-order chi connectivity index (χ1) is 15.2. The second kappa shape index (κ2) is 9.25. The third kappa shape index (κ3) is 5.00. The number of benzene rings is 2. The van der Waals surface area contributed by atoms with Crippen LogP contribution in [0, 0.1) is 0 Å². The highest BCUT2D eigenvalue weighted by molar-refractivity contribution is 7.88. The monoisotopic (exact) mass is 473 g/mol. The molecule has 0 N–H and O–H groups in total. The summed E-state index contributed by atoms with van der Waals surface area (Å²) in [5.41, 5.74) is 3.77. The van der Waals surface area contributed by atoms with E-state index in [1.807, 2.05) is 67.1 Å². The molecule has 2 aromatic carbocycles. The Balaban J connectivity index is 1.75. The fourth-order valence-corrected chi connectivity index (χ4v) is 5.08. The van der Waals surface area contributed by atoms with Gasteiger partial charge in [-0.2, -0.15) is 5.10 Å². The van der Waals surface area contributed by atoms with Gasteiger partial charge in [-0.3, -0.25) is 0 Å². The quantitative estimate of drug-likeness (QED) is 0.498. The van der Waals surface area contributed by atoms with Crippen LogP contribution in [0.2, 0.25) is 5.02 Å². The van der Waals surface area contributed by atoms with Gasteiger partial charge in [0.25, 0.3) is 0 Å². The molecule has 32 heavy (non-hydrogen) atoms. The van der Waals surface area contributed by atoms with Crippen LogP contribution in [0.1, 0.15) is 38.3 Å². The predicted molar refractivity (Wildman–Crippen MR) is 128 cm³/mol. The first kappa shape index (κ1) is 22.8. The Morgan fingerprint density at radius 1 is 1.06 bits per heavy atom. The summed E-state index contributed by atoms with van der Waals surface area (Å²) in [4.78, 5) is 0. The summed E-state index contributed by atoms with van der Waals surface area (Å²) < 4.78 is 33.3. The molecular formula is C24H28ClN3O3S. The number of aromatic nitrogens is 2. The Hall–Kier alpha value is -2.35. The van der Waals surface area contributed by atoms with E-state index in [9.17, 15) is 8.42 Å². The van der Waals surface area contributed by atoms with Crippen LogP contribution >= 0.6 is 11.6 Å². The van der Waals surface area contributed by atoms with Crippen LogP contribution in [0.25, 0.3) is 16.9 Å². The zero-order chi connectivity index (χ0) is 22.9. The van der Waals surface area contributed by atoms with E-state index in [1.54, 1.807) is 4.31 Å². The van der Waals surface area contributed by atoms with E-state index in [2.05, 4.69) is 6.07 Å². The van der Waals surface area contributed by atoms with E-state index >= 15 is 0 Å². The van der Waals surface area contributed by atoms with E-state index < -0.39 is 10.0 Å². The van der Waals surface area contributed by atoms with Crippen molar-refractivity contribution >= 4 is 21.6 Å². The van der Waals surface area contributed by atoms with Gasteiger partial charge in [0, 0.05) is 29.6 Å². The maximum absolute atomic E-state index is 11.9. The molecule has 0 unspecified atom stereocenters. The topological polar surface area (TPSA) is 64.4 Å². The van der Waals surface area contributed by atoms with Crippen molar-refractivity contribution in [2.75, 3.05) is 19.3 Å². The first-order valence-corrected chi connectivity index (χ1v) is 13.0. The lowest BCUT2D eigenvalue weighted by Crippen LogP contribution is -2.37. The molecule has 0 spiro atoms. The van der Waals surface area contributed by atoms with Crippen molar-refractivity contribution in [2.24, 2.45) is 0 Å². The zero-order valence-corrected chi connectivity index (χ0v) is 20.1. The Labute approximate surface area is 194 Å². The molecule has 8 heteroatoms. The van der Waals surface area contributed by atoms with Crippen molar-refractivity contribution in [3.63, 3.8) is 0 Å². The largest absolute Gasteiger partial charge is 0.489 e. The van der Waals surface area contributed by atoms with Gasteiger partial charge in [-0.05, 0) is 57.0 Å². The molecular weight excluding hydrogens is 446 g/mol. The minimum atomic E-state index is -3.16. The average Bonchev–Trinajstić information content (AvgIpc) is 3.19. The molecule has 170 valence electrons. The van der Waals surface area contributed by atoms with Gasteiger partial charge in [-0.25, -0.2) is 17.4 Å². The van der Waals surface area contributed by atoms with Gasteiger partial charge in [-0.1, -0.05) is 35.9 Å². The van der Waals surface area contributed by atoms with Gasteiger partial charge in [-0.15, -0.1) is 0 Å². The highest BCUT2D eigenvalue weighted by Crippen LogP contribution is 2.35. The second-order valence-corrected chi connectivity index (χ2v) is 10.9. The lowest BCUT2D eigenvalue weighted by molar-refractivity contribution is 0.241.